The Hall–Kier alpha value is -3.36. The summed E-state index contributed by atoms with van der Waals surface area (Å²) in [5, 5.41) is 15.4. The summed E-state index contributed by atoms with van der Waals surface area (Å²) in [5.74, 6) is 1.36. The maximum Gasteiger partial charge on any atom is 0.291 e. The number of anilines is 1. The van der Waals surface area contributed by atoms with Crippen LogP contribution in [-0.2, 0) is 6.42 Å². The molecule has 1 aromatic heterocycles. The fraction of sp³-hybridized carbons (Fsp3) is 0.250. The maximum absolute atomic E-state index is 12.7. The zero-order valence-corrected chi connectivity index (χ0v) is 16.0. The SMILES string of the molecule is N#Cc1ccc(-c2cc3c(o2)C(=O)Nc2ccc(C4CCNCC4)cc2C3)cc1. The Morgan fingerprint density at radius 3 is 2.55 bits per heavy atom. The van der Waals surface area contributed by atoms with Crippen molar-refractivity contribution in [3.8, 4) is 17.4 Å². The van der Waals surface area contributed by atoms with Crippen molar-refractivity contribution in [3.63, 3.8) is 0 Å². The van der Waals surface area contributed by atoms with Crippen LogP contribution in [0.15, 0.2) is 52.9 Å². The van der Waals surface area contributed by atoms with Gasteiger partial charge in [-0.3, -0.25) is 4.79 Å². The second-order valence-corrected chi connectivity index (χ2v) is 7.73. The summed E-state index contributed by atoms with van der Waals surface area (Å²) in [6, 6.07) is 17.7. The zero-order valence-electron chi connectivity index (χ0n) is 16.0. The van der Waals surface area contributed by atoms with Gasteiger partial charge in [0, 0.05) is 23.2 Å². The molecule has 2 aliphatic heterocycles. The van der Waals surface area contributed by atoms with Crippen LogP contribution >= 0.6 is 0 Å². The van der Waals surface area contributed by atoms with Crippen LogP contribution in [0.5, 0.6) is 0 Å². The zero-order chi connectivity index (χ0) is 19.8. The average Bonchev–Trinajstić information content (AvgIpc) is 3.14. The minimum atomic E-state index is -0.215. The minimum absolute atomic E-state index is 0.215. The van der Waals surface area contributed by atoms with Crippen LogP contribution in [0.1, 0.15) is 51.6 Å². The van der Waals surface area contributed by atoms with E-state index in [2.05, 4.69) is 28.8 Å². The first-order valence-electron chi connectivity index (χ1n) is 9.99. The van der Waals surface area contributed by atoms with Gasteiger partial charge in [0.15, 0.2) is 5.76 Å². The highest BCUT2D eigenvalue weighted by atomic mass is 16.4. The van der Waals surface area contributed by atoms with Crippen molar-refractivity contribution >= 4 is 11.6 Å². The summed E-state index contributed by atoms with van der Waals surface area (Å²) in [6.45, 7) is 2.11. The van der Waals surface area contributed by atoms with Gasteiger partial charge < -0.3 is 15.1 Å². The number of hydrogen-bond acceptors (Lipinski definition) is 4. The molecule has 144 valence electrons. The smallest absolute Gasteiger partial charge is 0.291 e. The van der Waals surface area contributed by atoms with Gasteiger partial charge in [-0.25, -0.2) is 0 Å². The topological polar surface area (TPSA) is 78.1 Å². The fourth-order valence-electron chi connectivity index (χ4n) is 4.28. The first kappa shape index (κ1) is 17.7. The van der Waals surface area contributed by atoms with Crippen molar-refractivity contribution in [1.82, 2.24) is 5.32 Å². The Bertz CT molecular complexity index is 1120. The van der Waals surface area contributed by atoms with Crippen LogP contribution in [0.3, 0.4) is 0 Å². The highest BCUT2D eigenvalue weighted by Gasteiger charge is 2.25. The maximum atomic E-state index is 12.7. The lowest BCUT2D eigenvalue weighted by Crippen LogP contribution is -2.26. The Morgan fingerprint density at radius 1 is 1.00 bits per heavy atom. The van der Waals surface area contributed by atoms with E-state index in [9.17, 15) is 4.79 Å². The summed E-state index contributed by atoms with van der Waals surface area (Å²) < 4.78 is 5.93. The van der Waals surface area contributed by atoms with E-state index in [1.807, 2.05) is 24.3 Å². The normalized spacial score (nSPS) is 16.3. The fourth-order valence-corrected chi connectivity index (χ4v) is 4.28. The number of nitrogens with zero attached hydrogens (tertiary/aromatic N) is 1. The molecule has 29 heavy (non-hydrogen) atoms. The molecule has 5 rings (SSSR count). The lowest BCUT2D eigenvalue weighted by molar-refractivity contribution is 0.0997. The molecule has 2 aromatic carbocycles. The van der Waals surface area contributed by atoms with Crippen LogP contribution < -0.4 is 10.6 Å². The Kier molecular flexibility index (Phi) is 4.42. The van der Waals surface area contributed by atoms with E-state index >= 15 is 0 Å². The molecule has 0 saturated carbocycles. The molecule has 3 aromatic rings. The van der Waals surface area contributed by atoms with E-state index in [0.717, 1.165) is 48.3 Å². The van der Waals surface area contributed by atoms with Gasteiger partial charge in [0.05, 0.1) is 11.6 Å². The van der Waals surface area contributed by atoms with Gasteiger partial charge in [-0.2, -0.15) is 5.26 Å². The Morgan fingerprint density at radius 2 is 1.79 bits per heavy atom. The van der Waals surface area contributed by atoms with Gasteiger partial charge in [-0.1, -0.05) is 12.1 Å². The number of furan rings is 1. The second kappa shape index (κ2) is 7.23. The van der Waals surface area contributed by atoms with Crippen molar-refractivity contribution < 1.29 is 9.21 Å². The number of hydrogen-bond donors (Lipinski definition) is 2. The largest absolute Gasteiger partial charge is 0.451 e. The molecule has 5 nitrogen and oxygen atoms in total. The molecule has 0 atom stereocenters. The Labute approximate surface area is 169 Å². The predicted octanol–water partition coefficient (Wildman–Crippen LogP) is 4.44. The molecule has 1 saturated heterocycles. The Balaban J connectivity index is 1.49. The van der Waals surface area contributed by atoms with Gasteiger partial charge in [0.1, 0.15) is 5.76 Å². The van der Waals surface area contributed by atoms with Crippen molar-refractivity contribution in [2.45, 2.75) is 25.2 Å². The first-order chi connectivity index (χ1) is 14.2. The van der Waals surface area contributed by atoms with E-state index < -0.39 is 0 Å². The molecule has 0 spiro atoms. The highest BCUT2D eigenvalue weighted by Crippen LogP contribution is 2.35. The third-order valence-electron chi connectivity index (χ3n) is 5.88. The van der Waals surface area contributed by atoms with Crippen molar-refractivity contribution in [3.05, 3.63) is 76.5 Å². The second-order valence-electron chi connectivity index (χ2n) is 7.73. The average molecular weight is 383 g/mol. The molecule has 0 radical (unpaired) electrons. The van der Waals surface area contributed by atoms with E-state index in [1.54, 1.807) is 12.1 Å². The van der Waals surface area contributed by atoms with E-state index in [-0.39, 0.29) is 5.91 Å². The molecular weight excluding hydrogens is 362 g/mol. The highest BCUT2D eigenvalue weighted by molar-refractivity contribution is 6.05. The summed E-state index contributed by atoms with van der Waals surface area (Å²) in [6.07, 6.45) is 2.94. The molecule has 0 unspecified atom stereocenters. The summed E-state index contributed by atoms with van der Waals surface area (Å²) in [4.78, 5) is 12.7. The quantitative estimate of drug-likeness (QED) is 0.686. The van der Waals surface area contributed by atoms with Crippen LogP contribution in [0.4, 0.5) is 5.69 Å². The van der Waals surface area contributed by atoms with E-state index in [4.69, 9.17) is 9.68 Å². The van der Waals surface area contributed by atoms with Gasteiger partial charge in [-0.05, 0) is 79.4 Å². The van der Waals surface area contributed by atoms with Crippen LogP contribution in [0.25, 0.3) is 11.3 Å². The number of benzene rings is 2. The van der Waals surface area contributed by atoms with Crippen LogP contribution in [0.2, 0.25) is 0 Å². The predicted molar refractivity (Wildman–Crippen MR) is 111 cm³/mol. The number of nitriles is 1. The third-order valence-corrected chi connectivity index (χ3v) is 5.88. The molecule has 0 aliphatic carbocycles. The minimum Gasteiger partial charge on any atom is -0.451 e. The number of fused-ring (bicyclic) bond motifs is 2. The third kappa shape index (κ3) is 3.32. The summed E-state index contributed by atoms with van der Waals surface area (Å²) >= 11 is 0. The molecule has 5 heteroatoms. The number of piperidine rings is 1. The molecular formula is C24H21N3O2. The van der Waals surface area contributed by atoms with E-state index in [0.29, 0.717) is 29.4 Å². The molecule has 1 fully saturated rings. The molecule has 2 N–H and O–H groups in total. The lowest BCUT2D eigenvalue weighted by Gasteiger charge is -2.24. The van der Waals surface area contributed by atoms with Gasteiger partial charge in [0.25, 0.3) is 5.91 Å². The molecule has 3 heterocycles. The standard InChI is InChI=1S/C24H21N3O2/c25-14-15-1-3-17(4-2-15)22-13-20-12-19-11-18(16-7-9-26-10-8-16)5-6-21(19)27-24(28)23(20)29-22/h1-6,11,13,16,26H,7-10,12H2,(H,27,28). The summed E-state index contributed by atoms with van der Waals surface area (Å²) in [5.41, 5.74) is 5.67. The lowest BCUT2D eigenvalue weighted by atomic mass is 9.88. The van der Waals surface area contributed by atoms with Crippen LogP contribution in [-0.4, -0.2) is 19.0 Å². The van der Waals surface area contributed by atoms with Gasteiger partial charge in [-0.15, -0.1) is 0 Å². The van der Waals surface area contributed by atoms with Gasteiger partial charge in [0.2, 0.25) is 0 Å². The molecule has 0 bridgehead atoms. The first-order valence-corrected chi connectivity index (χ1v) is 9.99. The monoisotopic (exact) mass is 383 g/mol. The molecule has 1 amide bonds. The number of rotatable bonds is 2. The number of nitrogens with one attached hydrogen (secondary N) is 2. The van der Waals surface area contributed by atoms with E-state index in [1.165, 1.54) is 5.56 Å². The number of amides is 1. The van der Waals surface area contributed by atoms with Crippen molar-refractivity contribution in [2.24, 2.45) is 0 Å². The van der Waals surface area contributed by atoms with Gasteiger partial charge >= 0.3 is 0 Å². The molecule has 2 aliphatic rings. The van der Waals surface area contributed by atoms with Crippen molar-refractivity contribution in [2.75, 3.05) is 18.4 Å². The van der Waals surface area contributed by atoms with Crippen LogP contribution in [0, 0.1) is 11.3 Å². The number of carbonyl (C=O) groups excluding carboxylic acids is 1. The summed E-state index contributed by atoms with van der Waals surface area (Å²) in [7, 11) is 0. The number of carbonyl (C=O) groups is 1. The van der Waals surface area contributed by atoms with Crippen molar-refractivity contribution in [1.29, 1.82) is 5.26 Å².